The number of hydrogen-bond donors (Lipinski definition) is 8. The molecule has 2 rings (SSSR count). The molecule has 0 aliphatic carbocycles. The summed E-state index contributed by atoms with van der Waals surface area (Å²) in [5.74, 6) is 0. The molecule has 0 amide bonds. The van der Waals surface area contributed by atoms with Crippen LogP contribution in [0.5, 0.6) is 0 Å². The summed E-state index contributed by atoms with van der Waals surface area (Å²) in [5, 5.41) is 88.2. The Labute approximate surface area is 165 Å². The highest BCUT2D eigenvalue weighted by atomic mass is 16.8. The minimum Gasteiger partial charge on any atom is -0.762 e. The second-order valence-electron chi connectivity index (χ2n) is 6.99. The average Bonchev–Trinajstić information content (AvgIpc) is 2.66. The molecule has 29 heavy (non-hydrogen) atoms. The Kier molecular flexibility index (Phi) is 9.07. The average molecular weight is 430 g/mol. The second kappa shape index (κ2) is 10.7. The highest BCUT2D eigenvalue weighted by Gasteiger charge is 2.51. The maximum absolute atomic E-state index is 10.7. The first-order valence-electron chi connectivity index (χ1n) is 8.98. The summed E-state index contributed by atoms with van der Waals surface area (Å²) in [7, 11) is 0. The molecule has 2 fully saturated rings. The van der Waals surface area contributed by atoms with Crippen molar-refractivity contribution in [2.45, 2.75) is 74.4 Å². The van der Waals surface area contributed by atoms with Gasteiger partial charge in [0, 0.05) is 6.54 Å². The third kappa shape index (κ3) is 5.78. The Balaban J connectivity index is 2.13. The Morgan fingerprint density at radius 2 is 1.41 bits per heavy atom. The summed E-state index contributed by atoms with van der Waals surface area (Å²) >= 11 is 0. The van der Waals surface area contributed by atoms with E-state index < -0.39 is 87.3 Å². The normalized spacial score (nSPS) is 44.8. The minimum absolute atomic E-state index is 0.389. The van der Waals surface area contributed by atoms with Gasteiger partial charge < -0.3 is 65.1 Å². The molecule has 0 aromatic heterocycles. The van der Waals surface area contributed by atoms with Crippen LogP contribution < -0.4 is 0 Å². The number of aliphatic hydroxyl groups excluding tert-OH is 7. The maximum Gasteiger partial charge on any atom is 0.187 e. The summed E-state index contributed by atoms with van der Waals surface area (Å²) in [6, 6.07) is 0. The molecule has 0 aromatic carbocycles. The minimum atomic E-state index is -1.79. The molecular formula is C15H28NO13-. The Hall–Kier alpha value is -0.560. The summed E-state index contributed by atoms with van der Waals surface area (Å²) in [6.07, 6.45) is -16.7. The van der Waals surface area contributed by atoms with Gasteiger partial charge in [-0.3, -0.25) is 5.23 Å². The molecule has 2 aliphatic heterocycles. The summed E-state index contributed by atoms with van der Waals surface area (Å²) in [6.45, 7) is -0.510. The molecule has 0 spiro atoms. The van der Waals surface area contributed by atoms with Gasteiger partial charge in [0.05, 0.1) is 19.3 Å². The number of hydrogen-bond acceptors (Lipinski definition) is 14. The van der Waals surface area contributed by atoms with Gasteiger partial charge in [0.15, 0.2) is 12.6 Å². The number of nitrogens with zero attached hydrogens (tertiary/aromatic N) is 1. The fourth-order valence-corrected chi connectivity index (χ4v) is 3.15. The zero-order chi connectivity index (χ0) is 21.9. The van der Waals surface area contributed by atoms with Crippen LogP contribution >= 0.6 is 0 Å². The first-order chi connectivity index (χ1) is 13.6. The molecule has 14 heteroatoms. The van der Waals surface area contributed by atoms with Crippen LogP contribution in [0.3, 0.4) is 0 Å². The molecule has 0 bridgehead atoms. The van der Waals surface area contributed by atoms with Crippen LogP contribution in [0, 0.1) is 5.21 Å². The standard InChI is InChI=1S/C15H28NO13/c1-5(2-16(24)25)26-15-12(23)13(9(20)7(4-18)28-15)29-14-11(22)10(21)8(19)6(3-17)27-14/h5-15,17-24H,2-4H2,1H3/q-1/t5-,6-,7-,8-,9-,10-,11-,12-,13-,14+,15-/m1/s1. The second-order valence-corrected chi connectivity index (χ2v) is 6.99. The van der Waals surface area contributed by atoms with E-state index in [4.69, 9.17) is 24.2 Å². The van der Waals surface area contributed by atoms with Crippen LogP contribution in [-0.4, -0.2) is 133 Å². The fraction of sp³-hybridized carbons (Fsp3) is 1.00. The van der Waals surface area contributed by atoms with E-state index in [2.05, 4.69) is 0 Å². The van der Waals surface area contributed by atoms with Crippen molar-refractivity contribution in [2.75, 3.05) is 19.8 Å². The van der Waals surface area contributed by atoms with E-state index in [0.717, 1.165) is 0 Å². The van der Waals surface area contributed by atoms with E-state index in [0.29, 0.717) is 0 Å². The van der Waals surface area contributed by atoms with Gasteiger partial charge in [0.1, 0.15) is 48.8 Å². The fourth-order valence-electron chi connectivity index (χ4n) is 3.15. The lowest BCUT2D eigenvalue weighted by molar-refractivity contribution is -0.363. The van der Waals surface area contributed by atoms with Crippen molar-refractivity contribution in [3.05, 3.63) is 5.21 Å². The Morgan fingerprint density at radius 1 is 0.862 bits per heavy atom. The van der Waals surface area contributed by atoms with Gasteiger partial charge in [0.25, 0.3) is 0 Å². The van der Waals surface area contributed by atoms with Crippen LogP contribution in [0.2, 0.25) is 0 Å². The van der Waals surface area contributed by atoms with Gasteiger partial charge in [-0.05, 0) is 6.92 Å². The van der Waals surface area contributed by atoms with Crippen molar-refractivity contribution >= 4 is 0 Å². The topological polar surface area (TPSA) is 225 Å². The van der Waals surface area contributed by atoms with E-state index in [-0.39, 0.29) is 5.23 Å². The molecule has 0 unspecified atom stereocenters. The van der Waals surface area contributed by atoms with Gasteiger partial charge in [-0.25, -0.2) is 0 Å². The third-order valence-electron chi connectivity index (χ3n) is 4.74. The molecule has 14 nitrogen and oxygen atoms in total. The van der Waals surface area contributed by atoms with Crippen LogP contribution in [0.25, 0.3) is 0 Å². The molecule has 0 radical (unpaired) electrons. The molecule has 0 saturated carbocycles. The molecule has 2 heterocycles. The van der Waals surface area contributed by atoms with E-state index in [1.807, 2.05) is 0 Å². The highest BCUT2D eigenvalue weighted by molar-refractivity contribution is 4.94. The van der Waals surface area contributed by atoms with E-state index >= 15 is 0 Å². The van der Waals surface area contributed by atoms with E-state index in [1.54, 1.807) is 0 Å². The maximum atomic E-state index is 10.7. The van der Waals surface area contributed by atoms with Crippen molar-refractivity contribution in [3.8, 4) is 0 Å². The van der Waals surface area contributed by atoms with Crippen molar-refractivity contribution in [2.24, 2.45) is 0 Å². The summed E-state index contributed by atoms with van der Waals surface area (Å²) < 4.78 is 21.2. The van der Waals surface area contributed by atoms with Crippen molar-refractivity contribution < 1.29 is 59.9 Å². The zero-order valence-corrected chi connectivity index (χ0v) is 15.5. The molecular weight excluding hydrogens is 402 g/mol. The number of hydroxylamine groups is 2. The lowest BCUT2D eigenvalue weighted by Gasteiger charge is -2.46. The van der Waals surface area contributed by atoms with Crippen molar-refractivity contribution in [3.63, 3.8) is 0 Å². The Bertz CT molecular complexity index is 497. The van der Waals surface area contributed by atoms with E-state index in [9.17, 15) is 41.0 Å². The van der Waals surface area contributed by atoms with E-state index in [1.165, 1.54) is 6.92 Å². The van der Waals surface area contributed by atoms with Crippen LogP contribution in [0.15, 0.2) is 0 Å². The van der Waals surface area contributed by atoms with Gasteiger partial charge in [-0.15, -0.1) is 0 Å². The van der Waals surface area contributed by atoms with Gasteiger partial charge in [-0.2, -0.15) is 0 Å². The molecule has 2 aliphatic rings. The summed E-state index contributed by atoms with van der Waals surface area (Å²) in [5.41, 5.74) is 0. The lowest BCUT2D eigenvalue weighted by Crippen LogP contribution is -2.65. The van der Waals surface area contributed by atoms with Gasteiger partial charge in [-0.1, -0.05) is 0 Å². The Morgan fingerprint density at radius 3 is 1.97 bits per heavy atom. The SMILES string of the molecule is C[C@H](CN([O-])O)O[C@@H]1O[C@H](CO)[C@@H](O)[C@@H](O[C@@H]2O[C@H](CO)[C@@H](O)[C@@H](O)[C@H]2O)[C@H]1O. The van der Waals surface area contributed by atoms with Gasteiger partial charge >= 0.3 is 0 Å². The van der Waals surface area contributed by atoms with Crippen LogP contribution in [0.4, 0.5) is 0 Å². The largest absolute Gasteiger partial charge is 0.762 e. The first-order valence-corrected chi connectivity index (χ1v) is 8.98. The van der Waals surface area contributed by atoms with Gasteiger partial charge in [0.2, 0.25) is 0 Å². The third-order valence-corrected chi connectivity index (χ3v) is 4.74. The van der Waals surface area contributed by atoms with Crippen LogP contribution in [0.1, 0.15) is 6.92 Å². The lowest BCUT2D eigenvalue weighted by atomic mass is 9.97. The zero-order valence-electron chi connectivity index (χ0n) is 15.5. The predicted molar refractivity (Wildman–Crippen MR) is 88.8 cm³/mol. The monoisotopic (exact) mass is 430 g/mol. The molecule has 11 atom stereocenters. The molecule has 0 aromatic rings. The van der Waals surface area contributed by atoms with Crippen molar-refractivity contribution in [1.82, 2.24) is 5.23 Å². The molecule has 172 valence electrons. The highest BCUT2D eigenvalue weighted by Crippen LogP contribution is 2.29. The predicted octanol–water partition coefficient (Wildman–Crippen LogP) is -4.80. The first kappa shape index (κ1) is 24.7. The van der Waals surface area contributed by atoms with Crippen LogP contribution in [-0.2, 0) is 18.9 Å². The quantitative estimate of drug-likeness (QED) is 0.169. The van der Waals surface area contributed by atoms with Crippen molar-refractivity contribution in [1.29, 1.82) is 0 Å². The summed E-state index contributed by atoms with van der Waals surface area (Å²) in [4.78, 5) is 0. The number of aliphatic hydroxyl groups is 7. The molecule has 2 saturated heterocycles. The smallest absolute Gasteiger partial charge is 0.187 e. The molecule has 8 N–H and O–H groups in total. The number of rotatable bonds is 8. The number of ether oxygens (including phenoxy) is 4.